The quantitative estimate of drug-likeness (QED) is 0.845. The van der Waals surface area contributed by atoms with E-state index in [1.54, 1.807) is 13.8 Å². The highest BCUT2D eigenvalue weighted by molar-refractivity contribution is 7.89. The van der Waals surface area contributed by atoms with Crippen molar-refractivity contribution < 1.29 is 13.5 Å². The molecule has 0 radical (unpaired) electrons. The highest BCUT2D eigenvalue weighted by atomic mass is 35.5. The second kappa shape index (κ2) is 6.41. The lowest BCUT2D eigenvalue weighted by atomic mass is 9.98. The van der Waals surface area contributed by atoms with Gasteiger partial charge in [-0.15, -0.1) is 0 Å². The third kappa shape index (κ3) is 4.07. The van der Waals surface area contributed by atoms with E-state index in [9.17, 15) is 13.5 Å². The maximum atomic E-state index is 12.1. The fourth-order valence-electron chi connectivity index (χ4n) is 1.50. The predicted molar refractivity (Wildman–Crippen MR) is 77.2 cm³/mol. The lowest BCUT2D eigenvalue weighted by molar-refractivity contribution is 0.0377. The number of halogens is 2. The summed E-state index contributed by atoms with van der Waals surface area (Å²) in [5.74, 6) is 0. The molecule has 2 N–H and O–H groups in total. The molecule has 0 saturated carbocycles. The molecule has 0 aromatic heterocycles. The van der Waals surface area contributed by atoms with Crippen LogP contribution in [0.25, 0.3) is 0 Å². The summed E-state index contributed by atoms with van der Waals surface area (Å²) in [4.78, 5) is -0.0868. The molecule has 19 heavy (non-hydrogen) atoms. The van der Waals surface area contributed by atoms with Crippen molar-refractivity contribution in [3.05, 3.63) is 28.2 Å². The molecule has 0 bridgehead atoms. The maximum Gasteiger partial charge on any atom is 0.242 e. The van der Waals surface area contributed by atoms with Gasteiger partial charge in [-0.05, 0) is 25.0 Å². The summed E-state index contributed by atoms with van der Waals surface area (Å²) in [5, 5.41) is 10.2. The van der Waals surface area contributed by atoms with E-state index < -0.39 is 15.6 Å². The van der Waals surface area contributed by atoms with Crippen LogP contribution >= 0.6 is 23.2 Å². The number of sulfonamides is 1. The fraction of sp³-hybridized carbons (Fsp3) is 0.500. The standard InChI is InChI=1S/C12H17Cl2NO3S/c1-3-12(16,4-2)8-15-19(17,18)10-7-5-6-9(13)11(10)14/h5-7,15-16H,3-4,8H2,1-2H3. The summed E-state index contributed by atoms with van der Waals surface area (Å²) in [5.41, 5.74) is -1.06. The minimum Gasteiger partial charge on any atom is -0.389 e. The molecule has 0 atom stereocenters. The topological polar surface area (TPSA) is 66.4 Å². The SMILES string of the molecule is CCC(O)(CC)CNS(=O)(=O)c1cccc(Cl)c1Cl. The maximum absolute atomic E-state index is 12.1. The molecule has 4 nitrogen and oxygen atoms in total. The van der Waals surface area contributed by atoms with Crippen LogP contribution in [0, 0.1) is 0 Å². The van der Waals surface area contributed by atoms with Crippen molar-refractivity contribution in [3.8, 4) is 0 Å². The largest absolute Gasteiger partial charge is 0.389 e. The lowest BCUT2D eigenvalue weighted by Crippen LogP contribution is -2.42. The third-order valence-corrected chi connectivity index (χ3v) is 5.49. The molecule has 0 aliphatic carbocycles. The first-order chi connectivity index (χ1) is 8.75. The van der Waals surface area contributed by atoms with Gasteiger partial charge in [0, 0.05) is 6.54 Å². The molecule has 1 aromatic carbocycles. The van der Waals surface area contributed by atoms with Crippen LogP contribution in [0.15, 0.2) is 23.1 Å². The van der Waals surface area contributed by atoms with E-state index in [1.165, 1.54) is 18.2 Å². The van der Waals surface area contributed by atoms with Crippen LogP contribution in [-0.4, -0.2) is 25.7 Å². The van der Waals surface area contributed by atoms with Gasteiger partial charge >= 0.3 is 0 Å². The Morgan fingerprint density at radius 2 is 1.84 bits per heavy atom. The monoisotopic (exact) mass is 325 g/mol. The van der Waals surface area contributed by atoms with Crippen molar-refractivity contribution in [2.75, 3.05) is 6.54 Å². The molecule has 0 aliphatic heterocycles. The zero-order chi connectivity index (χ0) is 14.7. The van der Waals surface area contributed by atoms with E-state index in [-0.39, 0.29) is 21.5 Å². The Labute approximate surface area is 123 Å². The first-order valence-corrected chi connectivity index (χ1v) is 8.15. The molecule has 0 saturated heterocycles. The van der Waals surface area contributed by atoms with Gasteiger partial charge in [-0.1, -0.05) is 43.1 Å². The molecule has 0 spiro atoms. The number of nitrogens with one attached hydrogen (secondary N) is 1. The van der Waals surface area contributed by atoms with Crippen LogP contribution in [-0.2, 0) is 10.0 Å². The van der Waals surface area contributed by atoms with Gasteiger partial charge in [0.1, 0.15) is 4.90 Å². The number of benzene rings is 1. The van der Waals surface area contributed by atoms with Crippen LogP contribution < -0.4 is 4.72 Å². The number of hydrogen-bond acceptors (Lipinski definition) is 3. The van der Waals surface area contributed by atoms with Crippen LogP contribution in [0.3, 0.4) is 0 Å². The van der Waals surface area contributed by atoms with E-state index in [0.29, 0.717) is 12.8 Å². The molecule has 0 heterocycles. The Morgan fingerprint density at radius 1 is 1.26 bits per heavy atom. The molecular formula is C12H17Cl2NO3S. The molecule has 0 fully saturated rings. The van der Waals surface area contributed by atoms with Crippen LogP contribution in [0.2, 0.25) is 10.0 Å². The Kier molecular flexibility index (Phi) is 5.65. The summed E-state index contributed by atoms with van der Waals surface area (Å²) in [6, 6.07) is 4.39. The van der Waals surface area contributed by atoms with Crippen molar-refractivity contribution in [1.29, 1.82) is 0 Å². The average Bonchev–Trinajstić information content (AvgIpc) is 2.39. The summed E-state index contributed by atoms with van der Waals surface area (Å²) in [7, 11) is -3.79. The lowest BCUT2D eigenvalue weighted by Gasteiger charge is -2.25. The van der Waals surface area contributed by atoms with Gasteiger partial charge in [0.15, 0.2) is 0 Å². The van der Waals surface area contributed by atoms with Gasteiger partial charge in [-0.2, -0.15) is 0 Å². The summed E-state index contributed by atoms with van der Waals surface area (Å²) in [6.45, 7) is 3.53. The first-order valence-electron chi connectivity index (χ1n) is 5.92. The van der Waals surface area contributed by atoms with Crippen LogP contribution in [0.4, 0.5) is 0 Å². The minimum atomic E-state index is -3.79. The van der Waals surface area contributed by atoms with Crippen LogP contribution in [0.5, 0.6) is 0 Å². The fourth-order valence-corrected chi connectivity index (χ4v) is 3.38. The van der Waals surface area contributed by atoms with Gasteiger partial charge in [-0.3, -0.25) is 0 Å². The molecule has 108 valence electrons. The van der Waals surface area contributed by atoms with Crippen LogP contribution in [0.1, 0.15) is 26.7 Å². The first kappa shape index (κ1) is 16.7. The van der Waals surface area contributed by atoms with Gasteiger partial charge in [-0.25, -0.2) is 13.1 Å². The van der Waals surface area contributed by atoms with E-state index in [4.69, 9.17) is 23.2 Å². The van der Waals surface area contributed by atoms with Gasteiger partial charge in [0.2, 0.25) is 10.0 Å². The smallest absolute Gasteiger partial charge is 0.242 e. The molecule has 7 heteroatoms. The molecule has 1 aromatic rings. The average molecular weight is 326 g/mol. The molecule has 0 aliphatic rings. The van der Waals surface area contributed by atoms with Crippen molar-refractivity contribution >= 4 is 33.2 Å². The highest BCUT2D eigenvalue weighted by Crippen LogP contribution is 2.29. The highest BCUT2D eigenvalue weighted by Gasteiger charge is 2.26. The third-order valence-electron chi connectivity index (χ3n) is 3.11. The normalized spacial score (nSPS) is 12.7. The zero-order valence-electron chi connectivity index (χ0n) is 10.8. The van der Waals surface area contributed by atoms with Gasteiger partial charge in [0.05, 0.1) is 15.6 Å². The van der Waals surface area contributed by atoms with Gasteiger partial charge < -0.3 is 5.11 Å². The van der Waals surface area contributed by atoms with Crippen molar-refractivity contribution in [1.82, 2.24) is 4.72 Å². The van der Waals surface area contributed by atoms with Crippen molar-refractivity contribution in [2.24, 2.45) is 0 Å². The second-order valence-corrected chi connectivity index (χ2v) is 6.83. The van der Waals surface area contributed by atoms with E-state index >= 15 is 0 Å². The van der Waals surface area contributed by atoms with E-state index in [2.05, 4.69) is 4.72 Å². The Balaban J connectivity index is 2.97. The zero-order valence-corrected chi connectivity index (χ0v) is 13.1. The van der Waals surface area contributed by atoms with E-state index in [0.717, 1.165) is 0 Å². The molecule has 0 amide bonds. The van der Waals surface area contributed by atoms with E-state index in [1.807, 2.05) is 0 Å². The second-order valence-electron chi connectivity index (χ2n) is 4.31. The minimum absolute atomic E-state index is 0.0202. The number of hydrogen-bond donors (Lipinski definition) is 2. The van der Waals surface area contributed by atoms with Gasteiger partial charge in [0.25, 0.3) is 0 Å². The summed E-state index contributed by atoms with van der Waals surface area (Å²) >= 11 is 11.7. The Hall–Kier alpha value is -0.330. The van der Waals surface area contributed by atoms with Crippen molar-refractivity contribution in [3.63, 3.8) is 0 Å². The number of rotatable bonds is 6. The van der Waals surface area contributed by atoms with Crippen molar-refractivity contribution in [2.45, 2.75) is 37.2 Å². The molecule has 0 unspecified atom stereocenters. The number of aliphatic hydroxyl groups is 1. The Bertz CT molecular complexity index is 542. The predicted octanol–water partition coefficient (Wildman–Crippen LogP) is 2.82. The molecule has 1 rings (SSSR count). The Morgan fingerprint density at radius 3 is 2.37 bits per heavy atom. The summed E-state index contributed by atoms with van der Waals surface area (Å²) < 4.78 is 26.6. The molecular weight excluding hydrogens is 309 g/mol. The summed E-state index contributed by atoms with van der Waals surface area (Å²) in [6.07, 6.45) is 0.907.